The fraction of sp³-hybridized carbons (Fsp3) is 0.625. The highest BCUT2D eigenvalue weighted by molar-refractivity contribution is 5.43. The van der Waals surface area contributed by atoms with Gasteiger partial charge in [0.2, 0.25) is 0 Å². The van der Waals surface area contributed by atoms with Crippen LogP contribution >= 0.6 is 0 Å². The smallest absolute Gasteiger partial charge is 0.161 e. The number of hydrogen-bond donors (Lipinski definition) is 0. The molecule has 1 aromatic rings. The van der Waals surface area contributed by atoms with Crippen molar-refractivity contribution in [2.45, 2.75) is 33.1 Å². The van der Waals surface area contributed by atoms with E-state index in [0.29, 0.717) is 6.61 Å². The Bertz CT molecular complexity index is 364. The molecule has 0 aromatic heterocycles. The Morgan fingerprint density at radius 3 is 2.47 bits per heavy atom. The van der Waals surface area contributed by atoms with Crippen molar-refractivity contribution < 1.29 is 9.47 Å². The van der Waals surface area contributed by atoms with E-state index in [0.717, 1.165) is 43.9 Å². The van der Waals surface area contributed by atoms with Crippen molar-refractivity contribution in [2.75, 3.05) is 33.9 Å². The standard InChI is InChI=1S/C16H27NO2/c1-5-12-19-15-10-9-14(8-7-11-17(3)4)13-16(15)18-6-2/h9-10,13H,5-8,11-12H2,1-4H3. The maximum Gasteiger partial charge on any atom is 0.161 e. The van der Waals surface area contributed by atoms with E-state index < -0.39 is 0 Å². The summed E-state index contributed by atoms with van der Waals surface area (Å²) in [6, 6.07) is 6.29. The number of benzene rings is 1. The summed E-state index contributed by atoms with van der Waals surface area (Å²) in [6.07, 6.45) is 3.25. The normalized spacial score (nSPS) is 10.8. The highest BCUT2D eigenvalue weighted by Gasteiger charge is 2.06. The highest BCUT2D eigenvalue weighted by atomic mass is 16.5. The van der Waals surface area contributed by atoms with Crippen LogP contribution in [0.15, 0.2) is 18.2 Å². The van der Waals surface area contributed by atoms with E-state index in [-0.39, 0.29) is 0 Å². The van der Waals surface area contributed by atoms with Crippen LogP contribution in [0, 0.1) is 0 Å². The quantitative estimate of drug-likeness (QED) is 0.683. The molecule has 0 N–H and O–H groups in total. The van der Waals surface area contributed by atoms with Gasteiger partial charge < -0.3 is 14.4 Å². The minimum absolute atomic E-state index is 0.670. The Morgan fingerprint density at radius 1 is 1.05 bits per heavy atom. The second-order valence-corrected chi connectivity index (χ2v) is 4.97. The van der Waals surface area contributed by atoms with Gasteiger partial charge in [0.1, 0.15) is 0 Å². The first-order valence-corrected chi connectivity index (χ1v) is 7.20. The van der Waals surface area contributed by atoms with Crippen LogP contribution in [0.5, 0.6) is 11.5 Å². The summed E-state index contributed by atoms with van der Waals surface area (Å²) in [5, 5.41) is 0. The lowest BCUT2D eigenvalue weighted by atomic mass is 10.1. The first-order valence-electron chi connectivity index (χ1n) is 7.20. The molecule has 0 radical (unpaired) electrons. The van der Waals surface area contributed by atoms with Crippen LogP contribution in [0.25, 0.3) is 0 Å². The van der Waals surface area contributed by atoms with Gasteiger partial charge in [-0.25, -0.2) is 0 Å². The fourth-order valence-corrected chi connectivity index (χ4v) is 1.91. The molecule has 0 aliphatic carbocycles. The number of hydrogen-bond acceptors (Lipinski definition) is 3. The number of rotatable bonds is 9. The zero-order chi connectivity index (χ0) is 14.1. The zero-order valence-electron chi connectivity index (χ0n) is 12.7. The molecular formula is C16H27NO2. The lowest BCUT2D eigenvalue weighted by Gasteiger charge is -2.13. The topological polar surface area (TPSA) is 21.7 Å². The zero-order valence-corrected chi connectivity index (χ0v) is 12.7. The summed E-state index contributed by atoms with van der Waals surface area (Å²) in [5.41, 5.74) is 1.31. The van der Waals surface area contributed by atoms with Crippen molar-refractivity contribution >= 4 is 0 Å². The Kier molecular flexibility index (Phi) is 7.34. The average molecular weight is 265 g/mol. The van der Waals surface area contributed by atoms with Gasteiger partial charge in [-0.05, 0) is 64.5 Å². The van der Waals surface area contributed by atoms with Gasteiger partial charge >= 0.3 is 0 Å². The lowest BCUT2D eigenvalue weighted by molar-refractivity contribution is 0.276. The first kappa shape index (κ1) is 15.8. The average Bonchev–Trinajstić information content (AvgIpc) is 2.38. The SMILES string of the molecule is CCCOc1ccc(CCCN(C)C)cc1OCC. The van der Waals surface area contributed by atoms with E-state index in [1.807, 2.05) is 13.0 Å². The molecule has 19 heavy (non-hydrogen) atoms. The maximum atomic E-state index is 5.70. The van der Waals surface area contributed by atoms with E-state index in [4.69, 9.17) is 9.47 Å². The molecule has 0 amide bonds. The molecular weight excluding hydrogens is 238 g/mol. The third kappa shape index (κ3) is 5.97. The molecule has 0 unspecified atom stereocenters. The maximum absolute atomic E-state index is 5.70. The molecule has 0 aliphatic heterocycles. The molecule has 0 saturated carbocycles. The van der Waals surface area contributed by atoms with Crippen molar-refractivity contribution in [3.05, 3.63) is 23.8 Å². The van der Waals surface area contributed by atoms with E-state index in [1.54, 1.807) is 0 Å². The third-order valence-electron chi connectivity index (χ3n) is 2.84. The van der Waals surface area contributed by atoms with Crippen LogP contribution in [0.3, 0.4) is 0 Å². The van der Waals surface area contributed by atoms with E-state index >= 15 is 0 Å². The molecule has 0 spiro atoms. The van der Waals surface area contributed by atoms with Crippen molar-refractivity contribution in [1.29, 1.82) is 0 Å². The lowest BCUT2D eigenvalue weighted by Crippen LogP contribution is -2.13. The van der Waals surface area contributed by atoms with Gasteiger partial charge in [0.15, 0.2) is 11.5 Å². The molecule has 0 saturated heterocycles. The summed E-state index contributed by atoms with van der Waals surface area (Å²) < 4.78 is 11.4. The van der Waals surface area contributed by atoms with Gasteiger partial charge in [-0.2, -0.15) is 0 Å². The molecule has 3 nitrogen and oxygen atoms in total. The Hall–Kier alpha value is -1.22. The van der Waals surface area contributed by atoms with Crippen LogP contribution in [-0.4, -0.2) is 38.8 Å². The highest BCUT2D eigenvalue weighted by Crippen LogP contribution is 2.29. The predicted molar refractivity (Wildman–Crippen MR) is 80.3 cm³/mol. The molecule has 1 rings (SSSR count). The monoisotopic (exact) mass is 265 g/mol. The number of aryl methyl sites for hydroxylation is 1. The summed E-state index contributed by atoms with van der Waals surface area (Å²) >= 11 is 0. The van der Waals surface area contributed by atoms with Crippen LogP contribution < -0.4 is 9.47 Å². The molecule has 0 bridgehead atoms. The molecule has 1 aromatic carbocycles. The third-order valence-corrected chi connectivity index (χ3v) is 2.84. The van der Waals surface area contributed by atoms with Crippen molar-refractivity contribution in [3.63, 3.8) is 0 Å². The van der Waals surface area contributed by atoms with Gasteiger partial charge in [-0.3, -0.25) is 0 Å². The van der Waals surface area contributed by atoms with Crippen molar-refractivity contribution in [1.82, 2.24) is 4.90 Å². The Morgan fingerprint density at radius 2 is 1.84 bits per heavy atom. The van der Waals surface area contributed by atoms with Crippen LogP contribution in [-0.2, 0) is 6.42 Å². The minimum atomic E-state index is 0.670. The first-order chi connectivity index (χ1) is 9.17. The van der Waals surface area contributed by atoms with Gasteiger partial charge in [0, 0.05) is 0 Å². The van der Waals surface area contributed by atoms with Gasteiger partial charge in [-0.15, -0.1) is 0 Å². The molecule has 0 fully saturated rings. The summed E-state index contributed by atoms with van der Waals surface area (Å²) in [7, 11) is 4.21. The summed E-state index contributed by atoms with van der Waals surface area (Å²) in [6.45, 7) is 6.63. The van der Waals surface area contributed by atoms with E-state index in [9.17, 15) is 0 Å². The fourth-order valence-electron chi connectivity index (χ4n) is 1.91. The van der Waals surface area contributed by atoms with Crippen LogP contribution in [0.2, 0.25) is 0 Å². The van der Waals surface area contributed by atoms with E-state index in [2.05, 4.69) is 38.1 Å². The Balaban J connectivity index is 2.65. The largest absolute Gasteiger partial charge is 0.490 e. The van der Waals surface area contributed by atoms with Gasteiger partial charge in [0.05, 0.1) is 13.2 Å². The van der Waals surface area contributed by atoms with Crippen LogP contribution in [0.1, 0.15) is 32.3 Å². The van der Waals surface area contributed by atoms with Gasteiger partial charge in [0.25, 0.3) is 0 Å². The minimum Gasteiger partial charge on any atom is -0.490 e. The van der Waals surface area contributed by atoms with Crippen molar-refractivity contribution in [3.8, 4) is 11.5 Å². The Labute approximate surface area is 117 Å². The summed E-state index contributed by atoms with van der Waals surface area (Å²) in [5.74, 6) is 1.73. The summed E-state index contributed by atoms with van der Waals surface area (Å²) in [4.78, 5) is 2.21. The molecule has 108 valence electrons. The molecule has 0 heterocycles. The van der Waals surface area contributed by atoms with Gasteiger partial charge in [-0.1, -0.05) is 13.0 Å². The number of ether oxygens (including phenoxy) is 2. The van der Waals surface area contributed by atoms with Crippen LogP contribution in [0.4, 0.5) is 0 Å². The second-order valence-electron chi connectivity index (χ2n) is 4.97. The molecule has 0 atom stereocenters. The van der Waals surface area contributed by atoms with E-state index in [1.165, 1.54) is 5.56 Å². The molecule has 0 aliphatic rings. The second kappa shape index (κ2) is 8.81. The molecule has 3 heteroatoms. The predicted octanol–water partition coefficient (Wildman–Crippen LogP) is 3.37. The number of nitrogens with zero attached hydrogens (tertiary/aromatic N) is 1. The van der Waals surface area contributed by atoms with Crippen molar-refractivity contribution in [2.24, 2.45) is 0 Å².